The van der Waals surface area contributed by atoms with Crippen LogP contribution in [0.4, 0.5) is 22.0 Å². The van der Waals surface area contributed by atoms with Gasteiger partial charge in [-0.1, -0.05) is 50.8 Å². The Morgan fingerprint density at radius 3 is 2.76 bits per heavy atom. The maximum absolute atomic E-state index is 13.3. The summed E-state index contributed by atoms with van der Waals surface area (Å²) in [6, 6.07) is 15.5. The predicted octanol–water partition coefficient (Wildman–Crippen LogP) is 6.44. The number of rotatable bonds is 9. The molecule has 0 radical (unpaired) electrons. The van der Waals surface area contributed by atoms with E-state index >= 15 is 0 Å². The highest BCUT2D eigenvalue weighted by molar-refractivity contribution is 6.04. The zero-order chi connectivity index (χ0) is 31.7. The van der Waals surface area contributed by atoms with Crippen molar-refractivity contribution in [3.63, 3.8) is 0 Å². The predicted molar refractivity (Wildman–Crippen MR) is 177 cm³/mol. The van der Waals surface area contributed by atoms with Gasteiger partial charge in [0.05, 0.1) is 11.9 Å². The fraction of sp³-hybridized carbons (Fsp3) is 0.324. The standard InChI is InChI=1S/C34H38FN9O/c1-20(2)28-19-39-44-30(28)42-32(41-25-12-14-34(4,5)38-18-25)43-33(44)37-17-23-8-6-7-9-26(23)29-27-11-10-24(40-31(45)21(3)35)16-22(27)13-15-36-29/h6-11,13,15-16,19-20,25,38H,3,12,14,17-18H2,1-2,4-5H3,(H,40,45)(H2,37,41,42,43)/t25-/m1/s1. The average molecular weight is 608 g/mol. The quantitative estimate of drug-likeness (QED) is 0.141. The molecule has 1 aliphatic rings. The van der Waals surface area contributed by atoms with E-state index in [4.69, 9.17) is 15.0 Å². The highest BCUT2D eigenvalue weighted by atomic mass is 19.1. The van der Waals surface area contributed by atoms with Crippen LogP contribution in [0.25, 0.3) is 27.7 Å². The van der Waals surface area contributed by atoms with E-state index in [-0.39, 0.29) is 17.5 Å². The summed E-state index contributed by atoms with van der Waals surface area (Å²) >= 11 is 0. The lowest BCUT2D eigenvalue weighted by Crippen LogP contribution is -2.50. The Morgan fingerprint density at radius 1 is 1.18 bits per heavy atom. The molecule has 0 saturated carbocycles. The first-order valence-electron chi connectivity index (χ1n) is 15.2. The SMILES string of the molecule is C=C(F)C(=O)Nc1ccc2c(-c3ccccc3CNc3nc(N[C@@H]4CCC(C)(C)NC4)nc4c(C(C)C)cnn34)nccc2c1. The highest BCUT2D eigenvalue weighted by Crippen LogP contribution is 2.32. The van der Waals surface area contributed by atoms with E-state index in [1.54, 1.807) is 22.8 Å². The van der Waals surface area contributed by atoms with Crippen LogP contribution in [-0.2, 0) is 11.3 Å². The third-order valence-electron chi connectivity index (χ3n) is 8.27. The zero-order valence-electron chi connectivity index (χ0n) is 26.0. The van der Waals surface area contributed by atoms with Crippen molar-refractivity contribution < 1.29 is 9.18 Å². The molecule has 1 aliphatic heterocycles. The van der Waals surface area contributed by atoms with E-state index in [9.17, 15) is 9.18 Å². The van der Waals surface area contributed by atoms with Crippen molar-refractivity contribution >= 4 is 39.9 Å². The summed E-state index contributed by atoms with van der Waals surface area (Å²) in [5.74, 6) is -0.495. The van der Waals surface area contributed by atoms with Crippen LogP contribution in [0.1, 0.15) is 57.6 Å². The molecule has 1 fully saturated rings. The fourth-order valence-corrected chi connectivity index (χ4v) is 5.66. The molecule has 5 aromatic rings. The molecule has 2 aromatic carbocycles. The van der Waals surface area contributed by atoms with Crippen LogP contribution < -0.4 is 21.3 Å². The maximum Gasteiger partial charge on any atom is 0.283 e. The van der Waals surface area contributed by atoms with Gasteiger partial charge in [0, 0.05) is 53.1 Å². The maximum atomic E-state index is 13.3. The number of halogens is 1. The van der Waals surface area contributed by atoms with Crippen LogP contribution in [0.3, 0.4) is 0 Å². The molecule has 4 N–H and O–H groups in total. The minimum absolute atomic E-state index is 0.126. The third-order valence-corrected chi connectivity index (χ3v) is 8.27. The van der Waals surface area contributed by atoms with Crippen LogP contribution in [0.2, 0.25) is 0 Å². The molecule has 4 heterocycles. The fourth-order valence-electron chi connectivity index (χ4n) is 5.66. The van der Waals surface area contributed by atoms with Crippen molar-refractivity contribution in [1.82, 2.24) is 29.9 Å². The number of aromatic nitrogens is 5. The van der Waals surface area contributed by atoms with Crippen LogP contribution >= 0.6 is 0 Å². The molecule has 0 bridgehead atoms. The summed E-state index contributed by atoms with van der Waals surface area (Å²) in [5.41, 5.74) is 5.19. The lowest BCUT2D eigenvalue weighted by Gasteiger charge is -2.36. The molecule has 10 nitrogen and oxygen atoms in total. The summed E-state index contributed by atoms with van der Waals surface area (Å²) in [6.45, 7) is 13.1. The molecule has 0 unspecified atom stereocenters. The molecule has 232 valence electrons. The van der Waals surface area contributed by atoms with E-state index in [0.29, 0.717) is 24.1 Å². The first-order chi connectivity index (χ1) is 21.6. The van der Waals surface area contributed by atoms with Crippen LogP contribution in [0, 0.1) is 0 Å². The van der Waals surface area contributed by atoms with Crippen LogP contribution in [0.15, 0.2) is 73.3 Å². The Hall–Kier alpha value is -4.90. The number of piperidine rings is 1. The number of amides is 1. The van der Waals surface area contributed by atoms with E-state index in [0.717, 1.165) is 58.2 Å². The average Bonchev–Trinajstić information content (AvgIpc) is 3.45. The number of carbonyl (C=O) groups is 1. The van der Waals surface area contributed by atoms with Gasteiger partial charge in [0.15, 0.2) is 11.5 Å². The first-order valence-corrected chi connectivity index (χ1v) is 15.2. The molecule has 1 atom stereocenters. The van der Waals surface area contributed by atoms with Gasteiger partial charge in [-0.05, 0) is 61.8 Å². The normalized spacial score (nSPS) is 16.2. The zero-order valence-corrected chi connectivity index (χ0v) is 26.0. The minimum atomic E-state index is -1.04. The van der Waals surface area contributed by atoms with E-state index in [2.05, 4.69) is 66.7 Å². The number of pyridine rings is 1. The Labute approximate surface area is 261 Å². The van der Waals surface area contributed by atoms with Gasteiger partial charge in [-0.3, -0.25) is 9.78 Å². The van der Waals surface area contributed by atoms with Gasteiger partial charge >= 0.3 is 0 Å². The molecule has 1 saturated heterocycles. The molecule has 1 amide bonds. The number of nitrogens with zero attached hydrogens (tertiary/aromatic N) is 5. The molecular formula is C34H38FN9O. The molecule has 11 heteroatoms. The number of hydrogen-bond donors (Lipinski definition) is 4. The Kier molecular flexibility index (Phi) is 8.20. The van der Waals surface area contributed by atoms with Gasteiger partial charge in [-0.25, -0.2) is 4.39 Å². The second-order valence-electron chi connectivity index (χ2n) is 12.5. The van der Waals surface area contributed by atoms with E-state index in [1.165, 1.54) is 0 Å². The minimum Gasteiger partial charge on any atom is -0.350 e. The van der Waals surface area contributed by atoms with Crippen molar-refractivity contribution in [3.8, 4) is 11.3 Å². The van der Waals surface area contributed by atoms with Crippen LogP contribution in [-0.4, -0.2) is 48.6 Å². The van der Waals surface area contributed by atoms with Crippen LogP contribution in [0.5, 0.6) is 0 Å². The van der Waals surface area contributed by atoms with Crippen molar-refractivity contribution in [2.24, 2.45) is 0 Å². The Morgan fingerprint density at radius 2 is 2.00 bits per heavy atom. The second kappa shape index (κ2) is 12.2. The second-order valence-corrected chi connectivity index (χ2v) is 12.5. The molecule has 0 aliphatic carbocycles. The lowest BCUT2D eigenvalue weighted by molar-refractivity contribution is -0.114. The number of anilines is 3. The Balaban J connectivity index is 1.30. The lowest BCUT2D eigenvalue weighted by atomic mass is 9.91. The summed E-state index contributed by atoms with van der Waals surface area (Å²) in [5, 5.41) is 19.6. The van der Waals surface area contributed by atoms with Crippen molar-refractivity contribution in [1.29, 1.82) is 0 Å². The summed E-state index contributed by atoms with van der Waals surface area (Å²) in [6.07, 6.45) is 5.68. The number of hydrogen-bond acceptors (Lipinski definition) is 8. The number of fused-ring (bicyclic) bond motifs is 2. The first kappa shape index (κ1) is 30.1. The summed E-state index contributed by atoms with van der Waals surface area (Å²) in [4.78, 5) is 26.3. The van der Waals surface area contributed by atoms with Crippen molar-refractivity contribution in [2.75, 3.05) is 22.5 Å². The number of benzene rings is 2. The molecule has 6 rings (SSSR count). The van der Waals surface area contributed by atoms with E-state index < -0.39 is 11.7 Å². The van der Waals surface area contributed by atoms with Gasteiger partial charge in [-0.15, -0.1) is 0 Å². The molecule has 0 spiro atoms. The highest BCUT2D eigenvalue weighted by Gasteiger charge is 2.27. The summed E-state index contributed by atoms with van der Waals surface area (Å²) in [7, 11) is 0. The summed E-state index contributed by atoms with van der Waals surface area (Å²) < 4.78 is 15.0. The topological polar surface area (TPSA) is 121 Å². The van der Waals surface area contributed by atoms with Gasteiger partial charge < -0.3 is 21.3 Å². The number of carbonyl (C=O) groups excluding carboxylic acids is 1. The molecular weight excluding hydrogens is 569 g/mol. The third kappa shape index (κ3) is 6.48. The number of nitrogens with one attached hydrogen (secondary N) is 4. The van der Waals surface area contributed by atoms with Gasteiger partial charge in [0.25, 0.3) is 5.91 Å². The van der Waals surface area contributed by atoms with E-state index in [1.807, 2.05) is 36.5 Å². The van der Waals surface area contributed by atoms with Crippen molar-refractivity contribution in [2.45, 2.75) is 64.6 Å². The van der Waals surface area contributed by atoms with Gasteiger partial charge in [0.2, 0.25) is 11.9 Å². The Bertz CT molecular complexity index is 1890. The van der Waals surface area contributed by atoms with Gasteiger partial charge in [0.1, 0.15) is 0 Å². The molecule has 45 heavy (non-hydrogen) atoms. The largest absolute Gasteiger partial charge is 0.350 e. The smallest absolute Gasteiger partial charge is 0.283 e. The van der Waals surface area contributed by atoms with Crippen molar-refractivity contribution in [3.05, 3.63) is 84.5 Å². The van der Waals surface area contributed by atoms with Gasteiger partial charge in [-0.2, -0.15) is 19.6 Å². The monoisotopic (exact) mass is 607 g/mol. The molecule has 3 aromatic heterocycles.